The Bertz CT molecular complexity index is 1020. The van der Waals surface area contributed by atoms with Crippen LogP contribution in [0.4, 0.5) is 5.69 Å². The lowest BCUT2D eigenvalue weighted by atomic mass is 9.88. The number of carbonyl (C=O) groups is 3. The lowest BCUT2D eigenvalue weighted by molar-refractivity contribution is -0.384. The van der Waals surface area contributed by atoms with Crippen LogP contribution in [0.1, 0.15) is 50.7 Å². The zero-order chi connectivity index (χ0) is 19.8. The molecule has 3 amide bonds. The van der Waals surface area contributed by atoms with Crippen molar-refractivity contribution in [3.05, 3.63) is 74.8 Å². The van der Waals surface area contributed by atoms with E-state index in [0.29, 0.717) is 0 Å². The molecule has 0 spiro atoms. The number of rotatable bonds is 4. The molecule has 8 heteroatoms. The molecule has 0 aromatic heterocycles. The van der Waals surface area contributed by atoms with Crippen molar-refractivity contribution < 1.29 is 19.3 Å². The number of non-ortho nitro benzene ring substituents is 1. The molecule has 0 fully saturated rings. The Hall–Kier alpha value is -3.55. The summed E-state index contributed by atoms with van der Waals surface area (Å²) < 4.78 is 0. The summed E-state index contributed by atoms with van der Waals surface area (Å²) in [7, 11) is 0. The van der Waals surface area contributed by atoms with Gasteiger partial charge >= 0.3 is 0 Å². The standard InChI is InChI=1S/C20H17N3O5/c24-18(21-17-7-3-5-12-4-1-2-6-14(12)17)11-22-19(25)15-9-8-13(23(27)28)10-16(15)20(22)26/h1-2,4,6,8-10,17H,3,5,7,11H2,(H,21,24). The third-order valence-corrected chi connectivity index (χ3v) is 5.17. The number of fused-ring (bicyclic) bond motifs is 2. The van der Waals surface area contributed by atoms with Crippen molar-refractivity contribution in [2.45, 2.75) is 25.3 Å². The highest BCUT2D eigenvalue weighted by atomic mass is 16.6. The van der Waals surface area contributed by atoms with Crippen LogP contribution in [0.2, 0.25) is 0 Å². The van der Waals surface area contributed by atoms with Crippen LogP contribution in [0.3, 0.4) is 0 Å². The second kappa shape index (κ2) is 6.88. The second-order valence-corrected chi connectivity index (χ2v) is 6.89. The van der Waals surface area contributed by atoms with E-state index in [-0.39, 0.29) is 22.9 Å². The van der Waals surface area contributed by atoms with Crippen LogP contribution in [0.15, 0.2) is 42.5 Å². The number of nitrogens with one attached hydrogen (secondary N) is 1. The molecule has 0 saturated heterocycles. The smallest absolute Gasteiger partial charge is 0.270 e. The van der Waals surface area contributed by atoms with Crippen LogP contribution in [-0.4, -0.2) is 34.1 Å². The molecule has 1 heterocycles. The summed E-state index contributed by atoms with van der Waals surface area (Å²) >= 11 is 0. The highest BCUT2D eigenvalue weighted by molar-refractivity contribution is 6.22. The molecule has 1 unspecified atom stereocenters. The number of nitrogens with zero attached hydrogens (tertiary/aromatic N) is 2. The van der Waals surface area contributed by atoms with E-state index in [9.17, 15) is 24.5 Å². The Morgan fingerprint density at radius 2 is 1.89 bits per heavy atom. The molecule has 142 valence electrons. The molecular weight excluding hydrogens is 362 g/mol. The van der Waals surface area contributed by atoms with Crippen molar-refractivity contribution in [1.82, 2.24) is 10.2 Å². The molecule has 1 atom stereocenters. The van der Waals surface area contributed by atoms with Gasteiger partial charge in [-0.1, -0.05) is 24.3 Å². The highest BCUT2D eigenvalue weighted by Gasteiger charge is 2.38. The van der Waals surface area contributed by atoms with Gasteiger partial charge in [0.1, 0.15) is 6.54 Å². The number of hydrogen-bond acceptors (Lipinski definition) is 5. The molecule has 0 bridgehead atoms. The topological polar surface area (TPSA) is 110 Å². The molecule has 1 aliphatic heterocycles. The molecule has 0 saturated carbocycles. The quantitative estimate of drug-likeness (QED) is 0.498. The van der Waals surface area contributed by atoms with Gasteiger partial charge in [0.25, 0.3) is 17.5 Å². The van der Waals surface area contributed by atoms with E-state index in [1.54, 1.807) is 0 Å². The maximum absolute atomic E-state index is 12.5. The van der Waals surface area contributed by atoms with Crippen molar-refractivity contribution in [2.75, 3.05) is 6.54 Å². The van der Waals surface area contributed by atoms with Crippen molar-refractivity contribution in [3.8, 4) is 0 Å². The molecule has 4 rings (SSSR count). The third-order valence-electron chi connectivity index (χ3n) is 5.17. The van der Waals surface area contributed by atoms with Gasteiger partial charge in [0, 0.05) is 12.1 Å². The summed E-state index contributed by atoms with van der Waals surface area (Å²) in [6.07, 6.45) is 2.69. The first-order valence-electron chi connectivity index (χ1n) is 8.97. The number of hydrogen-bond donors (Lipinski definition) is 1. The van der Waals surface area contributed by atoms with Gasteiger partial charge < -0.3 is 5.32 Å². The largest absolute Gasteiger partial charge is 0.348 e. The summed E-state index contributed by atoms with van der Waals surface area (Å²) in [6, 6.07) is 11.2. The fraction of sp³-hybridized carbons (Fsp3) is 0.250. The van der Waals surface area contributed by atoms with Gasteiger partial charge in [-0.15, -0.1) is 0 Å². The molecule has 0 radical (unpaired) electrons. The minimum Gasteiger partial charge on any atom is -0.348 e. The monoisotopic (exact) mass is 379 g/mol. The molecule has 2 aromatic carbocycles. The van der Waals surface area contributed by atoms with Gasteiger partial charge in [0.05, 0.1) is 22.1 Å². The molecule has 1 aliphatic carbocycles. The van der Waals surface area contributed by atoms with Gasteiger partial charge in [-0.3, -0.25) is 29.4 Å². The Kier molecular flexibility index (Phi) is 4.38. The van der Waals surface area contributed by atoms with Gasteiger partial charge in [0.15, 0.2) is 0 Å². The van der Waals surface area contributed by atoms with Crippen molar-refractivity contribution in [3.63, 3.8) is 0 Å². The van der Waals surface area contributed by atoms with Crippen LogP contribution in [-0.2, 0) is 11.2 Å². The van der Waals surface area contributed by atoms with Crippen molar-refractivity contribution in [2.24, 2.45) is 0 Å². The van der Waals surface area contributed by atoms with E-state index >= 15 is 0 Å². The van der Waals surface area contributed by atoms with Gasteiger partial charge in [-0.2, -0.15) is 0 Å². The number of amides is 3. The Morgan fingerprint density at radius 1 is 1.14 bits per heavy atom. The van der Waals surface area contributed by atoms with Crippen LogP contribution in [0, 0.1) is 10.1 Å². The van der Waals surface area contributed by atoms with Gasteiger partial charge in [0.2, 0.25) is 5.91 Å². The first-order valence-corrected chi connectivity index (χ1v) is 8.97. The van der Waals surface area contributed by atoms with Crippen LogP contribution < -0.4 is 5.32 Å². The van der Waals surface area contributed by atoms with Crippen LogP contribution in [0.25, 0.3) is 0 Å². The number of nitro benzene ring substituents is 1. The van der Waals surface area contributed by atoms with E-state index < -0.39 is 29.2 Å². The van der Waals surface area contributed by atoms with E-state index in [1.807, 2.05) is 24.3 Å². The van der Waals surface area contributed by atoms with Crippen molar-refractivity contribution in [1.29, 1.82) is 0 Å². The Balaban J connectivity index is 1.49. The minimum absolute atomic E-state index is 0.0463. The van der Waals surface area contributed by atoms with E-state index in [2.05, 4.69) is 5.32 Å². The lowest BCUT2D eigenvalue weighted by Gasteiger charge is -2.27. The Morgan fingerprint density at radius 3 is 2.68 bits per heavy atom. The lowest BCUT2D eigenvalue weighted by Crippen LogP contribution is -2.42. The van der Waals surface area contributed by atoms with Crippen LogP contribution in [0.5, 0.6) is 0 Å². The zero-order valence-electron chi connectivity index (χ0n) is 14.9. The van der Waals surface area contributed by atoms with Gasteiger partial charge in [-0.25, -0.2) is 0 Å². The summed E-state index contributed by atoms with van der Waals surface area (Å²) in [5, 5.41) is 13.8. The second-order valence-electron chi connectivity index (χ2n) is 6.89. The maximum atomic E-state index is 12.5. The normalized spacial score (nSPS) is 17.9. The minimum atomic E-state index is -0.692. The Labute approximate surface area is 160 Å². The summed E-state index contributed by atoms with van der Waals surface area (Å²) in [4.78, 5) is 48.6. The molecular formula is C20H17N3O5. The summed E-state index contributed by atoms with van der Waals surface area (Å²) in [5.74, 6) is -1.75. The predicted molar refractivity (Wildman–Crippen MR) is 98.7 cm³/mol. The summed E-state index contributed by atoms with van der Waals surface area (Å²) in [6.45, 7) is -0.418. The molecule has 2 aromatic rings. The average molecular weight is 379 g/mol. The first kappa shape index (κ1) is 17.8. The maximum Gasteiger partial charge on any atom is 0.270 e. The van der Waals surface area contributed by atoms with E-state index in [1.165, 1.54) is 17.7 Å². The fourth-order valence-electron chi connectivity index (χ4n) is 3.82. The van der Waals surface area contributed by atoms with Gasteiger partial charge in [-0.05, 0) is 36.5 Å². The molecule has 28 heavy (non-hydrogen) atoms. The van der Waals surface area contributed by atoms with Crippen LogP contribution >= 0.6 is 0 Å². The molecule has 1 N–H and O–H groups in total. The number of imide groups is 1. The number of carbonyl (C=O) groups excluding carboxylic acids is 3. The number of nitro groups is 1. The summed E-state index contributed by atoms with van der Waals surface area (Å²) in [5.41, 5.74) is 2.00. The number of aryl methyl sites for hydroxylation is 1. The van der Waals surface area contributed by atoms with E-state index in [4.69, 9.17) is 0 Å². The SMILES string of the molecule is O=C(CN1C(=O)c2ccc([N+](=O)[O-])cc2C1=O)NC1CCCc2ccccc21. The fourth-order valence-corrected chi connectivity index (χ4v) is 3.82. The first-order chi connectivity index (χ1) is 13.5. The average Bonchev–Trinajstić information content (AvgIpc) is 2.92. The molecule has 2 aliphatic rings. The highest BCUT2D eigenvalue weighted by Crippen LogP contribution is 2.30. The molecule has 8 nitrogen and oxygen atoms in total. The third kappa shape index (κ3) is 3.02. The number of benzene rings is 2. The van der Waals surface area contributed by atoms with Crippen molar-refractivity contribution >= 4 is 23.4 Å². The van der Waals surface area contributed by atoms with E-state index in [0.717, 1.165) is 35.8 Å². The predicted octanol–water partition coefficient (Wildman–Crippen LogP) is 2.38. The zero-order valence-corrected chi connectivity index (χ0v) is 14.9.